The minimum atomic E-state index is -0.0413. The molecule has 0 bridgehead atoms. The first kappa shape index (κ1) is 16.4. The number of carbonyl (C=O) groups is 1. The monoisotopic (exact) mass is 315 g/mol. The Labute approximate surface area is 135 Å². The van der Waals surface area contributed by atoms with Crippen LogP contribution in [0, 0.1) is 6.92 Å². The van der Waals surface area contributed by atoms with Crippen LogP contribution in [-0.2, 0) is 5.41 Å². The van der Waals surface area contributed by atoms with Crippen molar-refractivity contribution in [2.45, 2.75) is 33.1 Å². The maximum absolute atomic E-state index is 12.4. The second-order valence-electron chi connectivity index (χ2n) is 6.12. The van der Waals surface area contributed by atoms with Crippen LogP contribution >= 0.6 is 11.3 Å². The van der Waals surface area contributed by atoms with Crippen LogP contribution < -0.4 is 4.74 Å². The van der Waals surface area contributed by atoms with E-state index in [0.29, 0.717) is 4.88 Å². The number of allylic oxidation sites excluding steroid dienone is 1. The number of aromatic nitrogens is 1. The Morgan fingerprint density at radius 3 is 2.55 bits per heavy atom. The largest absolute Gasteiger partial charge is 0.496 e. The van der Waals surface area contributed by atoms with Crippen LogP contribution in [0.15, 0.2) is 30.3 Å². The van der Waals surface area contributed by atoms with Crippen LogP contribution in [0.2, 0.25) is 0 Å². The smallest absolute Gasteiger partial charge is 0.197 e. The molecule has 0 N–H and O–H groups in total. The van der Waals surface area contributed by atoms with Gasteiger partial charge >= 0.3 is 0 Å². The standard InChI is InChI=1S/C18H21NO2S/c1-12-16(22-17(19-12)18(2,3)4)14(20)11-10-13-8-6-7-9-15(13)21-5/h6-11H,1-5H3/b11-10+. The van der Waals surface area contributed by atoms with Gasteiger partial charge in [0.25, 0.3) is 0 Å². The van der Waals surface area contributed by atoms with Crippen molar-refractivity contribution in [2.75, 3.05) is 7.11 Å². The summed E-state index contributed by atoms with van der Waals surface area (Å²) in [5.41, 5.74) is 1.64. The van der Waals surface area contributed by atoms with Crippen molar-refractivity contribution in [1.82, 2.24) is 4.98 Å². The quantitative estimate of drug-likeness (QED) is 0.609. The predicted octanol–water partition coefficient (Wildman–Crippen LogP) is 4.65. The molecule has 1 aromatic carbocycles. The molecule has 3 nitrogen and oxygen atoms in total. The van der Waals surface area contributed by atoms with E-state index in [1.165, 1.54) is 11.3 Å². The van der Waals surface area contributed by atoms with Crippen molar-refractivity contribution < 1.29 is 9.53 Å². The molecule has 0 radical (unpaired) electrons. The maximum atomic E-state index is 12.4. The molecule has 0 saturated heterocycles. The van der Waals surface area contributed by atoms with Gasteiger partial charge in [0, 0.05) is 11.0 Å². The molecule has 0 saturated carbocycles. The lowest BCUT2D eigenvalue weighted by molar-refractivity contribution is 0.105. The molecular formula is C18H21NO2S. The van der Waals surface area contributed by atoms with E-state index in [9.17, 15) is 4.79 Å². The summed E-state index contributed by atoms with van der Waals surface area (Å²) in [7, 11) is 1.62. The molecule has 0 amide bonds. The highest BCUT2D eigenvalue weighted by molar-refractivity contribution is 7.14. The molecule has 1 heterocycles. The van der Waals surface area contributed by atoms with Crippen molar-refractivity contribution >= 4 is 23.2 Å². The van der Waals surface area contributed by atoms with Crippen LogP contribution in [0.1, 0.15) is 46.7 Å². The second-order valence-corrected chi connectivity index (χ2v) is 7.12. The number of ether oxygens (including phenoxy) is 1. The molecule has 116 valence electrons. The van der Waals surface area contributed by atoms with Gasteiger partial charge < -0.3 is 4.74 Å². The van der Waals surface area contributed by atoms with Crippen molar-refractivity contribution in [1.29, 1.82) is 0 Å². The lowest BCUT2D eigenvalue weighted by Gasteiger charge is -2.13. The van der Waals surface area contributed by atoms with Crippen molar-refractivity contribution in [3.8, 4) is 5.75 Å². The average Bonchev–Trinajstić information content (AvgIpc) is 2.87. The third-order valence-electron chi connectivity index (χ3n) is 3.22. The Morgan fingerprint density at radius 2 is 1.95 bits per heavy atom. The number of benzene rings is 1. The van der Waals surface area contributed by atoms with Gasteiger partial charge in [-0.3, -0.25) is 4.79 Å². The number of aryl methyl sites for hydroxylation is 1. The van der Waals surface area contributed by atoms with Gasteiger partial charge in [-0.25, -0.2) is 4.98 Å². The molecule has 2 aromatic rings. The summed E-state index contributed by atoms with van der Waals surface area (Å²) in [6.07, 6.45) is 3.38. The van der Waals surface area contributed by atoms with E-state index in [4.69, 9.17) is 4.74 Å². The summed E-state index contributed by atoms with van der Waals surface area (Å²) in [4.78, 5) is 17.7. The van der Waals surface area contributed by atoms with Gasteiger partial charge in [0.2, 0.25) is 0 Å². The summed E-state index contributed by atoms with van der Waals surface area (Å²) in [6.45, 7) is 8.19. The highest BCUT2D eigenvalue weighted by Gasteiger charge is 2.22. The number of rotatable bonds is 4. The molecule has 0 spiro atoms. The van der Waals surface area contributed by atoms with Gasteiger partial charge in [0.15, 0.2) is 5.78 Å². The molecule has 0 fully saturated rings. The molecule has 2 rings (SSSR count). The summed E-state index contributed by atoms with van der Waals surface area (Å²) in [5.74, 6) is 0.736. The van der Waals surface area contributed by atoms with E-state index < -0.39 is 0 Å². The van der Waals surface area contributed by atoms with E-state index in [0.717, 1.165) is 22.0 Å². The number of nitrogens with zero attached hydrogens (tertiary/aromatic N) is 1. The summed E-state index contributed by atoms with van der Waals surface area (Å²) in [5, 5.41) is 0.985. The van der Waals surface area contributed by atoms with Gasteiger partial charge in [-0.2, -0.15) is 0 Å². The first-order valence-corrected chi connectivity index (χ1v) is 7.98. The van der Waals surface area contributed by atoms with E-state index in [2.05, 4.69) is 25.8 Å². The zero-order chi connectivity index (χ0) is 16.3. The highest BCUT2D eigenvalue weighted by atomic mass is 32.1. The SMILES string of the molecule is COc1ccccc1/C=C/C(=O)c1sc(C(C)(C)C)nc1C. The lowest BCUT2D eigenvalue weighted by Crippen LogP contribution is -2.10. The molecule has 0 unspecified atom stereocenters. The molecular weight excluding hydrogens is 294 g/mol. The normalized spacial score (nSPS) is 11.9. The van der Waals surface area contributed by atoms with Gasteiger partial charge in [-0.05, 0) is 25.1 Å². The number of para-hydroxylation sites is 1. The Bertz CT molecular complexity index is 708. The Balaban J connectivity index is 2.26. The first-order valence-electron chi connectivity index (χ1n) is 7.16. The molecule has 0 aliphatic heterocycles. The number of thiazole rings is 1. The zero-order valence-corrected chi connectivity index (χ0v) is 14.5. The van der Waals surface area contributed by atoms with Crippen LogP contribution in [0.4, 0.5) is 0 Å². The highest BCUT2D eigenvalue weighted by Crippen LogP contribution is 2.30. The Hall–Kier alpha value is -1.94. The van der Waals surface area contributed by atoms with Crippen LogP contribution in [0.25, 0.3) is 6.08 Å². The van der Waals surface area contributed by atoms with E-state index in [-0.39, 0.29) is 11.2 Å². The molecule has 0 aliphatic rings. The third kappa shape index (κ3) is 3.63. The Morgan fingerprint density at radius 1 is 1.27 bits per heavy atom. The molecule has 1 aromatic heterocycles. The van der Waals surface area contributed by atoms with E-state index in [1.807, 2.05) is 31.2 Å². The minimum Gasteiger partial charge on any atom is -0.496 e. The van der Waals surface area contributed by atoms with Crippen LogP contribution in [0.5, 0.6) is 5.75 Å². The van der Waals surface area contributed by atoms with Gasteiger partial charge in [-0.15, -0.1) is 11.3 Å². The topological polar surface area (TPSA) is 39.2 Å². The third-order valence-corrected chi connectivity index (χ3v) is 4.81. The number of carbonyl (C=O) groups excluding carboxylic acids is 1. The fourth-order valence-corrected chi connectivity index (χ4v) is 3.04. The molecule has 0 atom stereocenters. The number of hydrogen-bond donors (Lipinski definition) is 0. The van der Waals surface area contributed by atoms with Crippen molar-refractivity contribution in [2.24, 2.45) is 0 Å². The fraction of sp³-hybridized carbons (Fsp3) is 0.333. The maximum Gasteiger partial charge on any atom is 0.197 e. The van der Waals surface area contributed by atoms with Gasteiger partial charge in [0.05, 0.1) is 22.7 Å². The zero-order valence-electron chi connectivity index (χ0n) is 13.6. The number of methoxy groups -OCH3 is 1. The van der Waals surface area contributed by atoms with Crippen LogP contribution in [0.3, 0.4) is 0 Å². The summed E-state index contributed by atoms with van der Waals surface area (Å²) < 4.78 is 5.28. The average molecular weight is 315 g/mol. The summed E-state index contributed by atoms with van der Waals surface area (Å²) in [6, 6.07) is 7.62. The van der Waals surface area contributed by atoms with Gasteiger partial charge in [-0.1, -0.05) is 39.0 Å². The minimum absolute atomic E-state index is 0.0172. The fourth-order valence-electron chi connectivity index (χ4n) is 1.99. The number of hydrogen-bond acceptors (Lipinski definition) is 4. The second kappa shape index (κ2) is 6.44. The van der Waals surface area contributed by atoms with Crippen LogP contribution in [-0.4, -0.2) is 17.9 Å². The molecule has 22 heavy (non-hydrogen) atoms. The van der Waals surface area contributed by atoms with Crippen molar-refractivity contribution in [3.63, 3.8) is 0 Å². The van der Waals surface area contributed by atoms with E-state index >= 15 is 0 Å². The lowest BCUT2D eigenvalue weighted by atomic mass is 9.98. The van der Waals surface area contributed by atoms with Crippen molar-refractivity contribution in [3.05, 3.63) is 51.5 Å². The number of ketones is 1. The first-order chi connectivity index (χ1) is 10.3. The molecule has 4 heteroatoms. The summed E-state index contributed by atoms with van der Waals surface area (Å²) >= 11 is 1.48. The predicted molar refractivity (Wildman–Crippen MR) is 91.9 cm³/mol. The molecule has 0 aliphatic carbocycles. The van der Waals surface area contributed by atoms with Gasteiger partial charge in [0.1, 0.15) is 5.75 Å². The van der Waals surface area contributed by atoms with E-state index in [1.54, 1.807) is 19.3 Å². The Kier molecular flexibility index (Phi) is 4.81.